The molecule has 0 heterocycles. The number of hydrogen-bond acceptors (Lipinski definition) is 4. The average molecular weight is 380 g/mol. The summed E-state index contributed by atoms with van der Waals surface area (Å²) < 4.78 is 30.7. The zero-order valence-corrected chi connectivity index (χ0v) is 15.9. The molecule has 138 valence electrons. The van der Waals surface area contributed by atoms with Crippen LogP contribution in [0.1, 0.15) is 18.9 Å². The van der Waals surface area contributed by atoms with Crippen molar-refractivity contribution in [3.63, 3.8) is 0 Å². The number of para-hydroxylation sites is 2. The van der Waals surface area contributed by atoms with E-state index >= 15 is 0 Å². The Bertz CT molecular complexity index is 863. The van der Waals surface area contributed by atoms with E-state index in [1.807, 2.05) is 55.5 Å². The van der Waals surface area contributed by atoms with E-state index in [0.717, 1.165) is 5.56 Å². The third-order valence-corrected chi connectivity index (χ3v) is 4.87. The van der Waals surface area contributed by atoms with Crippen LogP contribution in [0.2, 0.25) is 0 Å². The monoisotopic (exact) mass is 380 g/mol. The molecule has 0 aliphatic carbocycles. The lowest BCUT2D eigenvalue weighted by Crippen LogP contribution is -2.05. The van der Waals surface area contributed by atoms with Crippen LogP contribution in [-0.2, 0) is 9.09 Å². The molecule has 0 fully saturated rings. The fourth-order valence-corrected chi connectivity index (χ4v) is 3.69. The predicted molar refractivity (Wildman–Crippen MR) is 108 cm³/mol. The van der Waals surface area contributed by atoms with Crippen LogP contribution < -0.4 is 9.05 Å². The van der Waals surface area contributed by atoms with Crippen LogP contribution in [0, 0.1) is 0 Å². The van der Waals surface area contributed by atoms with Gasteiger partial charge in [0.2, 0.25) is 0 Å². The van der Waals surface area contributed by atoms with E-state index in [9.17, 15) is 4.57 Å². The molecule has 3 aromatic carbocycles. The summed E-state index contributed by atoms with van der Waals surface area (Å²) in [5.74, 6) is 1.26. The van der Waals surface area contributed by atoms with E-state index in [-0.39, 0.29) is 0 Å². The normalized spacial score (nSPS) is 11.7. The Morgan fingerprint density at radius 1 is 0.778 bits per heavy atom. The van der Waals surface area contributed by atoms with E-state index in [1.165, 1.54) is 0 Å². The molecular formula is C22H21O4P. The number of rotatable bonds is 8. The molecule has 0 spiro atoms. The number of phosphoric acid groups is 1. The largest absolute Gasteiger partial charge is 0.647 e. The van der Waals surface area contributed by atoms with Crippen LogP contribution in [0.5, 0.6) is 11.5 Å². The molecule has 0 unspecified atom stereocenters. The maximum absolute atomic E-state index is 13.5. The van der Waals surface area contributed by atoms with Crippen molar-refractivity contribution in [2.45, 2.75) is 13.3 Å². The molecule has 27 heavy (non-hydrogen) atoms. The van der Waals surface area contributed by atoms with Crippen molar-refractivity contribution in [2.75, 3.05) is 0 Å². The van der Waals surface area contributed by atoms with Gasteiger partial charge in [-0.05, 0) is 36.8 Å². The Balaban J connectivity index is 1.93. The van der Waals surface area contributed by atoms with Crippen LogP contribution in [0.3, 0.4) is 0 Å². The summed E-state index contributed by atoms with van der Waals surface area (Å²) in [6.45, 7) is 1.98. The Hall–Kier alpha value is -2.97. The molecular weight excluding hydrogens is 359 g/mol. The quantitative estimate of drug-likeness (QED) is 0.321. The molecule has 0 aliphatic rings. The van der Waals surface area contributed by atoms with E-state index in [2.05, 4.69) is 0 Å². The Morgan fingerprint density at radius 2 is 1.22 bits per heavy atom. The molecule has 4 nitrogen and oxygen atoms in total. The third kappa shape index (κ3) is 5.50. The van der Waals surface area contributed by atoms with Crippen LogP contribution in [-0.4, -0.2) is 0 Å². The van der Waals surface area contributed by atoms with Crippen molar-refractivity contribution in [3.05, 3.63) is 103 Å². The molecule has 0 aliphatic heterocycles. The van der Waals surface area contributed by atoms with Gasteiger partial charge in [0.15, 0.2) is 0 Å². The highest BCUT2D eigenvalue weighted by molar-refractivity contribution is 7.49. The summed E-state index contributed by atoms with van der Waals surface area (Å²) in [5.41, 5.74) is 0.799. The van der Waals surface area contributed by atoms with Crippen molar-refractivity contribution < 1.29 is 18.1 Å². The molecule has 0 radical (unpaired) electrons. The molecule has 0 atom stereocenters. The number of phosphoric ester groups is 1. The Morgan fingerprint density at radius 3 is 1.67 bits per heavy atom. The van der Waals surface area contributed by atoms with Crippen LogP contribution in [0.25, 0.3) is 5.76 Å². The minimum Gasteiger partial charge on any atom is -0.386 e. The standard InChI is InChI=1S/C22H21O4P/c1-2-12-22(19-13-6-3-7-14-19)26-27(23,24-20-15-8-4-9-16-20)25-21-17-10-5-11-18-21/h3-18H,2H2,1H3. The summed E-state index contributed by atoms with van der Waals surface area (Å²) in [6, 6.07) is 27.2. The van der Waals surface area contributed by atoms with Crippen molar-refractivity contribution in [1.29, 1.82) is 0 Å². The van der Waals surface area contributed by atoms with Gasteiger partial charge in [0, 0.05) is 5.56 Å². The molecule has 0 aromatic heterocycles. The van der Waals surface area contributed by atoms with Gasteiger partial charge in [-0.3, -0.25) is 0 Å². The van der Waals surface area contributed by atoms with Crippen LogP contribution >= 0.6 is 7.82 Å². The highest BCUT2D eigenvalue weighted by Gasteiger charge is 2.34. The molecule has 0 amide bonds. The lowest BCUT2D eigenvalue weighted by molar-refractivity contribution is 0.284. The van der Waals surface area contributed by atoms with Crippen molar-refractivity contribution in [1.82, 2.24) is 0 Å². The summed E-state index contributed by atoms with van der Waals surface area (Å²) in [6.07, 6.45) is 2.56. The van der Waals surface area contributed by atoms with Gasteiger partial charge < -0.3 is 13.6 Å². The lowest BCUT2D eigenvalue weighted by atomic mass is 10.2. The first-order valence-electron chi connectivity index (χ1n) is 8.73. The van der Waals surface area contributed by atoms with Gasteiger partial charge >= 0.3 is 7.82 Å². The number of hydrogen-bond donors (Lipinski definition) is 0. The minimum absolute atomic E-state index is 0.403. The first-order valence-corrected chi connectivity index (χ1v) is 10.2. The molecule has 0 N–H and O–H groups in total. The lowest BCUT2D eigenvalue weighted by Gasteiger charge is -2.21. The Labute approximate surface area is 159 Å². The van der Waals surface area contributed by atoms with Gasteiger partial charge in [-0.1, -0.05) is 73.7 Å². The maximum Gasteiger partial charge on any atom is 0.647 e. The van der Waals surface area contributed by atoms with E-state index in [1.54, 1.807) is 48.5 Å². The smallest absolute Gasteiger partial charge is 0.386 e. The second-order valence-electron chi connectivity index (χ2n) is 5.69. The van der Waals surface area contributed by atoms with Gasteiger partial charge in [-0.15, -0.1) is 0 Å². The number of allylic oxidation sites excluding steroid dienone is 1. The van der Waals surface area contributed by atoms with Crippen molar-refractivity contribution >= 4 is 13.6 Å². The van der Waals surface area contributed by atoms with Gasteiger partial charge in [-0.2, -0.15) is 4.57 Å². The van der Waals surface area contributed by atoms with E-state index in [0.29, 0.717) is 23.7 Å². The van der Waals surface area contributed by atoms with Crippen molar-refractivity contribution in [3.8, 4) is 11.5 Å². The zero-order valence-electron chi connectivity index (χ0n) is 15.0. The first kappa shape index (κ1) is 18.8. The zero-order chi connectivity index (χ0) is 19.0. The average Bonchev–Trinajstić information content (AvgIpc) is 2.70. The summed E-state index contributed by atoms with van der Waals surface area (Å²) >= 11 is 0. The summed E-state index contributed by atoms with van der Waals surface area (Å²) in [4.78, 5) is 0. The van der Waals surface area contributed by atoms with Gasteiger partial charge in [0.1, 0.15) is 17.3 Å². The molecule has 0 saturated heterocycles. The second kappa shape index (κ2) is 9.11. The van der Waals surface area contributed by atoms with Crippen molar-refractivity contribution in [2.24, 2.45) is 0 Å². The topological polar surface area (TPSA) is 44.8 Å². The van der Waals surface area contributed by atoms with Gasteiger partial charge in [0.05, 0.1) is 0 Å². The van der Waals surface area contributed by atoms with Crippen LogP contribution in [0.15, 0.2) is 97.1 Å². The van der Waals surface area contributed by atoms with E-state index in [4.69, 9.17) is 13.6 Å². The summed E-state index contributed by atoms with van der Waals surface area (Å²) in [7, 11) is -3.98. The fraction of sp³-hybridized carbons (Fsp3) is 0.0909. The molecule has 0 saturated carbocycles. The molecule has 0 bridgehead atoms. The minimum atomic E-state index is -3.98. The molecule has 5 heteroatoms. The van der Waals surface area contributed by atoms with E-state index < -0.39 is 7.82 Å². The highest BCUT2D eigenvalue weighted by atomic mass is 31.2. The maximum atomic E-state index is 13.5. The SMILES string of the molecule is CCC=C(OP(=O)(Oc1ccccc1)Oc1ccccc1)c1ccccc1. The highest BCUT2D eigenvalue weighted by Crippen LogP contribution is 2.52. The second-order valence-corrected chi connectivity index (χ2v) is 7.13. The summed E-state index contributed by atoms with van der Waals surface area (Å²) in [5, 5.41) is 0. The predicted octanol–water partition coefficient (Wildman–Crippen LogP) is 6.72. The van der Waals surface area contributed by atoms with Gasteiger partial charge in [0.25, 0.3) is 0 Å². The van der Waals surface area contributed by atoms with Crippen LogP contribution in [0.4, 0.5) is 0 Å². The first-order chi connectivity index (χ1) is 13.2. The third-order valence-electron chi connectivity index (χ3n) is 3.58. The molecule has 3 aromatic rings. The van der Waals surface area contributed by atoms with Gasteiger partial charge in [-0.25, -0.2) is 0 Å². The number of benzene rings is 3. The molecule has 3 rings (SSSR count). The Kier molecular flexibility index (Phi) is 6.35. The fourth-order valence-electron chi connectivity index (χ4n) is 2.39.